The zero-order chi connectivity index (χ0) is 14.5. The second kappa shape index (κ2) is 6.98. The lowest BCUT2D eigenvalue weighted by Gasteiger charge is -2.24. The van der Waals surface area contributed by atoms with Crippen molar-refractivity contribution in [2.24, 2.45) is 0 Å². The van der Waals surface area contributed by atoms with Crippen LogP contribution in [-0.4, -0.2) is 76.3 Å². The lowest BCUT2D eigenvalue weighted by molar-refractivity contribution is 0.246. The second-order valence-electron chi connectivity index (χ2n) is 4.82. The Balaban J connectivity index is 2.66. The van der Waals surface area contributed by atoms with Crippen LogP contribution < -0.4 is 5.32 Å². The number of nitrogens with one attached hydrogen (secondary N) is 1. The van der Waals surface area contributed by atoms with Crippen molar-refractivity contribution in [2.45, 2.75) is 18.9 Å². The number of aliphatic hydroxyl groups is 1. The molecular formula is C10H22N2O5S2. The summed E-state index contributed by atoms with van der Waals surface area (Å²) >= 11 is 0. The fourth-order valence-electron chi connectivity index (χ4n) is 2.00. The van der Waals surface area contributed by atoms with Crippen LogP contribution in [0.25, 0.3) is 0 Å². The molecule has 0 amide bonds. The van der Waals surface area contributed by atoms with Gasteiger partial charge in [-0.3, -0.25) is 0 Å². The predicted molar refractivity (Wildman–Crippen MR) is 73.2 cm³/mol. The smallest absolute Gasteiger partial charge is 0.215 e. The Bertz CT molecular complexity index is 468. The molecule has 0 bridgehead atoms. The highest BCUT2D eigenvalue weighted by atomic mass is 32.2. The summed E-state index contributed by atoms with van der Waals surface area (Å²) in [5.74, 6) is -0.825. The Morgan fingerprint density at radius 1 is 1.26 bits per heavy atom. The van der Waals surface area contributed by atoms with E-state index < -0.39 is 31.4 Å². The lowest BCUT2D eigenvalue weighted by Crippen LogP contribution is -2.44. The highest BCUT2D eigenvalue weighted by molar-refractivity contribution is 7.93. The van der Waals surface area contributed by atoms with Crippen molar-refractivity contribution in [3.05, 3.63) is 0 Å². The summed E-state index contributed by atoms with van der Waals surface area (Å²) in [4.78, 5) is 0. The minimum atomic E-state index is -3.65. The van der Waals surface area contributed by atoms with Gasteiger partial charge in [0.05, 0.1) is 18.1 Å². The fraction of sp³-hybridized carbons (Fsp3) is 1.00. The van der Waals surface area contributed by atoms with E-state index in [-0.39, 0.29) is 25.7 Å². The number of rotatable bonds is 8. The van der Waals surface area contributed by atoms with Crippen LogP contribution in [0.4, 0.5) is 0 Å². The van der Waals surface area contributed by atoms with Gasteiger partial charge in [-0.05, 0) is 19.4 Å². The maximum absolute atomic E-state index is 12.1. The molecular weight excluding hydrogens is 292 g/mol. The quantitative estimate of drug-likeness (QED) is 0.560. The van der Waals surface area contributed by atoms with Gasteiger partial charge in [-0.15, -0.1) is 0 Å². The zero-order valence-corrected chi connectivity index (χ0v) is 12.7. The molecule has 114 valence electrons. The average Bonchev–Trinajstić information content (AvgIpc) is 2.78. The molecule has 2 N–H and O–H groups in total. The molecule has 1 unspecified atom stereocenters. The Kier molecular flexibility index (Phi) is 6.18. The molecule has 1 atom stereocenters. The van der Waals surface area contributed by atoms with Crippen LogP contribution in [0, 0.1) is 0 Å². The van der Waals surface area contributed by atoms with E-state index in [2.05, 4.69) is 5.32 Å². The summed E-state index contributed by atoms with van der Waals surface area (Å²) in [5.41, 5.74) is 0. The average molecular weight is 314 g/mol. The Morgan fingerprint density at radius 3 is 2.42 bits per heavy atom. The normalized spacial score (nSPS) is 21.1. The molecule has 1 aliphatic rings. The summed E-state index contributed by atoms with van der Waals surface area (Å²) in [7, 11) is -6.97. The second-order valence-corrected chi connectivity index (χ2v) is 9.17. The van der Waals surface area contributed by atoms with Crippen molar-refractivity contribution in [3.8, 4) is 0 Å². The lowest BCUT2D eigenvalue weighted by atomic mass is 10.2. The first-order chi connectivity index (χ1) is 8.74. The van der Waals surface area contributed by atoms with E-state index in [1.54, 1.807) is 0 Å². The van der Waals surface area contributed by atoms with Crippen molar-refractivity contribution in [3.63, 3.8) is 0 Å². The van der Waals surface area contributed by atoms with E-state index >= 15 is 0 Å². The van der Waals surface area contributed by atoms with Crippen molar-refractivity contribution < 1.29 is 21.9 Å². The van der Waals surface area contributed by atoms with E-state index in [4.69, 9.17) is 5.11 Å². The van der Waals surface area contributed by atoms with Crippen molar-refractivity contribution >= 4 is 19.9 Å². The Hall–Kier alpha value is -0.220. The molecule has 9 heteroatoms. The first kappa shape index (κ1) is 16.8. The van der Waals surface area contributed by atoms with E-state index in [0.29, 0.717) is 0 Å². The van der Waals surface area contributed by atoms with Gasteiger partial charge in [0.25, 0.3) is 0 Å². The molecule has 1 aliphatic heterocycles. The van der Waals surface area contributed by atoms with Gasteiger partial charge >= 0.3 is 0 Å². The number of sulfonamides is 1. The van der Waals surface area contributed by atoms with Crippen LogP contribution >= 0.6 is 0 Å². The van der Waals surface area contributed by atoms with E-state index in [1.165, 1.54) is 4.31 Å². The van der Waals surface area contributed by atoms with Crippen LogP contribution in [0.2, 0.25) is 0 Å². The summed E-state index contributed by atoms with van der Waals surface area (Å²) in [5, 5.41) is 12.1. The highest BCUT2D eigenvalue weighted by Crippen LogP contribution is 2.10. The Morgan fingerprint density at radius 2 is 1.95 bits per heavy atom. The van der Waals surface area contributed by atoms with Crippen LogP contribution in [0.1, 0.15) is 12.8 Å². The topological polar surface area (TPSA) is 104 Å². The highest BCUT2D eigenvalue weighted by Gasteiger charge is 2.27. The van der Waals surface area contributed by atoms with E-state index in [0.717, 1.165) is 25.6 Å². The van der Waals surface area contributed by atoms with Gasteiger partial charge < -0.3 is 10.4 Å². The molecule has 0 aromatic heterocycles. The van der Waals surface area contributed by atoms with Gasteiger partial charge in [-0.25, -0.2) is 16.8 Å². The minimum Gasteiger partial charge on any atom is -0.395 e. The van der Waals surface area contributed by atoms with E-state index in [1.807, 2.05) is 0 Å². The number of hydrogen-bond acceptors (Lipinski definition) is 6. The van der Waals surface area contributed by atoms with Gasteiger partial charge in [-0.2, -0.15) is 4.31 Å². The van der Waals surface area contributed by atoms with E-state index in [9.17, 15) is 16.8 Å². The number of hydrogen-bond donors (Lipinski definition) is 2. The van der Waals surface area contributed by atoms with Crippen molar-refractivity contribution in [1.82, 2.24) is 9.62 Å². The molecule has 0 spiro atoms. The SMILES string of the molecule is CS(=O)(=O)CCS(=O)(=O)N(CCO)CC1CCCN1. The van der Waals surface area contributed by atoms with Crippen LogP contribution in [-0.2, 0) is 19.9 Å². The molecule has 0 aromatic rings. The maximum Gasteiger partial charge on any atom is 0.215 e. The largest absolute Gasteiger partial charge is 0.395 e. The van der Waals surface area contributed by atoms with Gasteiger partial charge in [0.1, 0.15) is 9.84 Å². The third-order valence-electron chi connectivity index (χ3n) is 3.04. The Labute approximate surface area is 115 Å². The molecule has 7 nitrogen and oxygen atoms in total. The summed E-state index contributed by atoms with van der Waals surface area (Å²) < 4.78 is 47.5. The summed E-state index contributed by atoms with van der Waals surface area (Å²) in [6.45, 7) is 0.878. The molecule has 1 heterocycles. The first-order valence-electron chi connectivity index (χ1n) is 6.24. The minimum absolute atomic E-state index is 0.00424. The monoisotopic (exact) mass is 314 g/mol. The van der Waals surface area contributed by atoms with Crippen molar-refractivity contribution in [1.29, 1.82) is 0 Å². The van der Waals surface area contributed by atoms with Crippen molar-refractivity contribution in [2.75, 3.05) is 44.0 Å². The van der Waals surface area contributed by atoms with Gasteiger partial charge in [0, 0.05) is 25.4 Å². The number of aliphatic hydroxyl groups excluding tert-OH is 1. The van der Waals surface area contributed by atoms with Gasteiger partial charge in [0.2, 0.25) is 10.0 Å². The van der Waals surface area contributed by atoms with Gasteiger partial charge in [-0.1, -0.05) is 0 Å². The number of nitrogens with zero attached hydrogens (tertiary/aromatic N) is 1. The maximum atomic E-state index is 12.1. The molecule has 1 saturated heterocycles. The molecule has 0 saturated carbocycles. The third-order valence-corrected chi connectivity index (χ3v) is 6.08. The first-order valence-corrected chi connectivity index (χ1v) is 9.91. The standard InChI is InChI=1S/C10H22N2O5S2/c1-18(14,15)7-8-19(16,17)12(5-6-13)9-10-3-2-4-11-10/h10-11,13H,2-9H2,1H3. The third kappa shape index (κ3) is 6.17. The molecule has 1 fully saturated rings. The van der Waals surface area contributed by atoms with Crippen LogP contribution in [0.5, 0.6) is 0 Å². The van der Waals surface area contributed by atoms with Crippen LogP contribution in [0.3, 0.4) is 0 Å². The van der Waals surface area contributed by atoms with Crippen LogP contribution in [0.15, 0.2) is 0 Å². The molecule has 0 aliphatic carbocycles. The predicted octanol–water partition coefficient (Wildman–Crippen LogP) is -1.59. The fourth-order valence-corrected chi connectivity index (χ4v) is 5.08. The molecule has 1 rings (SSSR count). The van der Waals surface area contributed by atoms with Gasteiger partial charge in [0.15, 0.2) is 0 Å². The zero-order valence-electron chi connectivity index (χ0n) is 11.1. The molecule has 0 aromatic carbocycles. The number of sulfone groups is 1. The summed E-state index contributed by atoms with van der Waals surface area (Å²) in [6.07, 6.45) is 2.90. The summed E-state index contributed by atoms with van der Waals surface area (Å²) in [6, 6.07) is 0.0829. The molecule has 19 heavy (non-hydrogen) atoms. The molecule has 0 radical (unpaired) electrons.